The van der Waals surface area contributed by atoms with Crippen molar-refractivity contribution in [3.8, 4) is 0 Å². The number of rotatable bonds is 18. The van der Waals surface area contributed by atoms with Gasteiger partial charge in [0.05, 0.1) is 13.2 Å². The van der Waals surface area contributed by atoms with E-state index in [0.717, 1.165) is 12.1 Å². The summed E-state index contributed by atoms with van der Waals surface area (Å²) in [5.74, 6) is 0.554. The molecule has 4 aromatic carbocycles. The highest BCUT2D eigenvalue weighted by Gasteiger charge is 2.19. The molecule has 6 aromatic rings. The van der Waals surface area contributed by atoms with Crippen LogP contribution in [0.5, 0.6) is 0 Å². The molecule has 0 spiro atoms. The molecule has 0 fully saturated rings. The second-order valence-electron chi connectivity index (χ2n) is 11.9. The Morgan fingerprint density at radius 2 is 0.776 bits per heavy atom. The van der Waals surface area contributed by atoms with Crippen molar-refractivity contribution in [3.63, 3.8) is 0 Å². The molecule has 20 nitrogen and oxygen atoms in total. The van der Waals surface area contributed by atoms with Crippen LogP contribution in [0.2, 0.25) is 0 Å². The fourth-order valence-corrected chi connectivity index (χ4v) is 6.52. The first-order valence-electron chi connectivity index (χ1n) is 17.2. The van der Waals surface area contributed by atoms with Crippen molar-refractivity contribution in [2.75, 3.05) is 58.2 Å². The van der Waals surface area contributed by atoms with Gasteiger partial charge in [0, 0.05) is 35.8 Å². The van der Waals surface area contributed by atoms with Gasteiger partial charge in [-0.1, -0.05) is 48.6 Å². The van der Waals surface area contributed by atoms with E-state index in [1.807, 2.05) is 36.4 Å². The summed E-state index contributed by atoms with van der Waals surface area (Å²) in [4.78, 5) is 25.0. The van der Waals surface area contributed by atoms with Gasteiger partial charge in [-0.3, -0.25) is 9.11 Å². The molecule has 0 saturated carbocycles. The molecular weight excluding hydrogens is 793 g/mol. The SMILES string of the molecule is O=S(=O)(O)c1ccc(Nc2nc(NCCO)nc(Nc3ccccc3)n2)cc1/C=C/c1cc(Nc2nc(NCCO)nc(Nc3ccccc3)n2)ccc1S(=O)(=O)O. The second kappa shape index (κ2) is 18.4. The number of nitrogens with one attached hydrogen (secondary N) is 6. The Morgan fingerprint density at radius 1 is 0.448 bits per heavy atom. The van der Waals surface area contributed by atoms with Gasteiger partial charge in [-0.25, -0.2) is 0 Å². The van der Waals surface area contributed by atoms with Crippen LogP contribution < -0.4 is 31.9 Å². The molecule has 0 saturated heterocycles. The molecule has 0 aliphatic rings. The monoisotopic (exact) mass is 828 g/mol. The summed E-state index contributed by atoms with van der Waals surface area (Å²) in [6, 6.07) is 25.8. The standard InChI is InChI=1S/C36H36N12O8S2/c49-19-17-37-31-43-33(39-25-7-3-1-4-8-25)47-35(45-31)41-27-13-15-29(57(51,52)53)23(21-27)11-12-24-22-28(14-16-30(24)58(54,55)56)42-36-46-32(38-18-20-50)44-34(48-36)40-26-9-5-2-6-10-26/h1-16,21-22,49-50H,17-20H2,(H,51,52,53)(H,54,55,56)(H3,37,39,41,43,45,47)(H3,38,40,42,44,46,48)/b12-11+. The Kier molecular flexibility index (Phi) is 13.0. The maximum Gasteiger partial charge on any atom is 0.295 e. The van der Waals surface area contributed by atoms with Crippen LogP contribution in [-0.4, -0.2) is 92.4 Å². The van der Waals surface area contributed by atoms with E-state index in [1.54, 1.807) is 24.3 Å². The maximum atomic E-state index is 12.5. The molecule has 22 heteroatoms. The lowest BCUT2D eigenvalue weighted by Crippen LogP contribution is -2.12. The Morgan fingerprint density at radius 3 is 1.10 bits per heavy atom. The van der Waals surface area contributed by atoms with Crippen molar-refractivity contribution in [2.45, 2.75) is 9.79 Å². The normalized spacial score (nSPS) is 11.6. The largest absolute Gasteiger partial charge is 0.395 e. The van der Waals surface area contributed by atoms with Gasteiger partial charge in [0.2, 0.25) is 35.7 Å². The third-order valence-corrected chi connectivity index (χ3v) is 9.51. The molecule has 6 rings (SSSR count). The van der Waals surface area contributed by atoms with Crippen LogP contribution in [0.3, 0.4) is 0 Å². The predicted molar refractivity (Wildman–Crippen MR) is 218 cm³/mol. The number of aromatic nitrogens is 6. The maximum absolute atomic E-state index is 12.5. The molecule has 0 unspecified atom stereocenters. The van der Waals surface area contributed by atoms with E-state index >= 15 is 0 Å². The van der Waals surface area contributed by atoms with Crippen molar-refractivity contribution in [1.29, 1.82) is 0 Å². The van der Waals surface area contributed by atoms with Crippen LogP contribution in [-0.2, 0) is 20.2 Å². The minimum absolute atomic E-state index is 0.0195. The van der Waals surface area contributed by atoms with Gasteiger partial charge in [0.25, 0.3) is 20.2 Å². The zero-order valence-electron chi connectivity index (χ0n) is 30.1. The molecule has 0 bridgehead atoms. The zero-order chi connectivity index (χ0) is 41.1. The minimum Gasteiger partial charge on any atom is -0.395 e. The highest BCUT2D eigenvalue weighted by molar-refractivity contribution is 7.86. The van der Waals surface area contributed by atoms with Crippen LogP contribution >= 0.6 is 0 Å². The topological polar surface area (TPSA) is 299 Å². The lowest BCUT2D eigenvalue weighted by molar-refractivity contribution is 0.310. The second-order valence-corrected chi connectivity index (χ2v) is 14.7. The number of benzene rings is 4. The fraction of sp³-hybridized carbons (Fsp3) is 0.111. The van der Waals surface area contributed by atoms with Crippen molar-refractivity contribution in [3.05, 3.63) is 108 Å². The van der Waals surface area contributed by atoms with E-state index in [2.05, 4.69) is 61.8 Å². The Balaban J connectivity index is 1.33. The molecule has 10 N–H and O–H groups in total. The van der Waals surface area contributed by atoms with Gasteiger partial charge >= 0.3 is 0 Å². The van der Waals surface area contributed by atoms with Crippen LogP contribution in [0.4, 0.5) is 58.4 Å². The third kappa shape index (κ3) is 11.4. The third-order valence-electron chi connectivity index (χ3n) is 7.65. The average molecular weight is 829 g/mol. The van der Waals surface area contributed by atoms with E-state index in [0.29, 0.717) is 11.4 Å². The molecular formula is C36H36N12O8S2. The highest BCUT2D eigenvalue weighted by atomic mass is 32.2. The summed E-state index contributed by atoms with van der Waals surface area (Å²) in [5.41, 5.74) is 1.69. The van der Waals surface area contributed by atoms with Crippen molar-refractivity contribution >= 4 is 90.8 Å². The summed E-state index contributed by atoms with van der Waals surface area (Å²) in [6.45, 7) is -0.121. The van der Waals surface area contributed by atoms with Gasteiger partial charge < -0.3 is 42.1 Å². The Bertz CT molecular complexity index is 2440. The summed E-state index contributed by atoms with van der Waals surface area (Å²) in [7, 11) is -9.61. The summed E-state index contributed by atoms with van der Waals surface area (Å²) >= 11 is 0. The van der Waals surface area contributed by atoms with Crippen molar-refractivity contribution in [2.24, 2.45) is 0 Å². The molecule has 0 radical (unpaired) electrons. The van der Waals surface area contributed by atoms with Gasteiger partial charge in [0.15, 0.2) is 0 Å². The van der Waals surface area contributed by atoms with Gasteiger partial charge in [-0.2, -0.15) is 46.7 Å². The first kappa shape index (κ1) is 40.8. The number of hydrogen-bond acceptors (Lipinski definition) is 18. The van der Waals surface area contributed by atoms with Gasteiger partial charge in [0.1, 0.15) is 9.79 Å². The van der Waals surface area contributed by atoms with Crippen LogP contribution in [0.1, 0.15) is 11.1 Å². The summed E-state index contributed by atoms with van der Waals surface area (Å²) in [6.07, 6.45) is 2.46. The summed E-state index contributed by atoms with van der Waals surface area (Å²) < 4.78 is 70.0. The van der Waals surface area contributed by atoms with E-state index in [4.69, 9.17) is 0 Å². The van der Waals surface area contributed by atoms with E-state index in [-0.39, 0.29) is 84.5 Å². The number of hydrogen-bond donors (Lipinski definition) is 10. The minimum atomic E-state index is -4.80. The molecule has 0 amide bonds. The molecule has 0 aliphatic heterocycles. The first-order chi connectivity index (χ1) is 27.9. The molecule has 300 valence electrons. The Labute approximate surface area is 332 Å². The average Bonchev–Trinajstić information content (AvgIpc) is 3.18. The predicted octanol–water partition coefficient (Wildman–Crippen LogP) is 4.50. The number of para-hydroxylation sites is 2. The molecule has 0 aliphatic carbocycles. The lowest BCUT2D eigenvalue weighted by atomic mass is 10.1. The number of anilines is 10. The van der Waals surface area contributed by atoms with Gasteiger partial charge in [-0.05, 0) is 71.8 Å². The van der Waals surface area contributed by atoms with Crippen LogP contribution in [0.25, 0.3) is 12.2 Å². The fourth-order valence-electron chi connectivity index (χ4n) is 5.19. The lowest BCUT2D eigenvalue weighted by Gasteiger charge is -2.13. The number of aliphatic hydroxyl groups is 2. The molecule has 0 atom stereocenters. The zero-order valence-corrected chi connectivity index (χ0v) is 31.8. The first-order valence-corrected chi connectivity index (χ1v) is 20.1. The Hall–Kier alpha value is -6.82. The van der Waals surface area contributed by atoms with Crippen LogP contribution in [0.15, 0.2) is 107 Å². The van der Waals surface area contributed by atoms with Gasteiger partial charge in [-0.15, -0.1) is 0 Å². The number of nitrogens with zero attached hydrogens (tertiary/aromatic N) is 6. The molecule has 58 heavy (non-hydrogen) atoms. The number of aliphatic hydroxyl groups excluding tert-OH is 2. The summed E-state index contributed by atoms with van der Waals surface area (Å²) in [5, 5.41) is 36.4. The molecule has 2 heterocycles. The highest BCUT2D eigenvalue weighted by Crippen LogP contribution is 2.29. The van der Waals surface area contributed by atoms with Crippen molar-refractivity contribution in [1.82, 2.24) is 29.9 Å². The van der Waals surface area contributed by atoms with Crippen molar-refractivity contribution < 1.29 is 36.2 Å². The van der Waals surface area contributed by atoms with E-state index in [1.165, 1.54) is 36.4 Å². The molecule has 2 aromatic heterocycles. The van der Waals surface area contributed by atoms with E-state index < -0.39 is 30.0 Å². The van der Waals surface area contributed by atoms with E-state index in [9.17, 15) is 36.2 Å². The quantitative estimate of drug-likeness (QED) is 0.0421. The van der Waals surface area contributed by atoms with Crippen LogP contribution in [0, 0.1) is 0 Å². The smallest absolute Gasteiger partial charge is 0.295 e.